The Bertz CT molecular complexity index is 398. The Morgan fingerprint density at radius 1 is 1.22 bits per heavy atom. The SMILES string of the molecule is CCOc1ccccc1C1CC(N)C1(CC)CC. The number of benzene rings is 1. The Hall–Kier alpha value is -1.02. The first kappa shape index (κ1) is 13.4. The standard InChI is InChI=1S/C16H25NO/c1-4-16(5-2)13(11-15(16)17)12-9-7-8-10-14(12)18-6-3/h7-10,13,15H,4-6,11,17H2,1-3H3. The molecule has 2 heteroatoms. The molecule has 2 nitrogen and oxygen atoms in total. The molecule has 0 aliphatic heterocycles. The summed E-state index contributed by atoms with van der Waals surface area (Å²) in [6.45, 7) is 7.29. The van der Waals surface area contributed by atoms with E-state index in [4.69, 9.17) is 10.5 Å². The van der Waals surface area contributed by atoms with Gasteiger partial charge in [0.15, 0.2) is 0 Å². The Morgan fingerprint density at radius 2 is 1.89 bits per heavy atom. The zero-order valence-electron chi connectivity index (χ0n) is 11.8. The van der Waals surface area contributed by atoms with E-state index >= 15 is 0 Å². The molecule has 0 bridgehead atoms. The van der Waals surface area contributed by atoms with Crippen molar-refractivity contribution in [2.24, 2.45) is 11.1 Å². The first-order chi connectivity index (χ1) is 8.69. The highest BCUT2D eigenvalue weighted by atomic mass is 16.5. The molecule has 18 heavy (non-hydrogen) atoms. The highest BCUT2D eigenvalue weighted by molar-refractivity contribution is 5.40. The quantitative estimate of drug-likeness (QED) is 0.861. The van der Waals surface area contributed by atoms with Crippen LogP contribution in [-0.2, 0) is 0 Å². The van der Waals surface area contributed by atoms with Crippen molar-refractivity contribution < 1.29 is 4.74 Å². The van der Waals surface area contributed by atoms with Crippen LogP contribution in [-0.4, -0.2) is 12.6 Å². The Morgan fingerprint density at radius 3 is 2.44 bits per heavy atom. The first-order valence-corrected chi connectivity index (χ1v) is 7.16. The molecule has 0 spiro atoms. The molecule has 0 heterocycles. The Kier molecular flexibility index (Phi) is 3.96. The van der Waals surface area contributed by atoms with Crippen LogP contribution in [0.2, 0.25) is 0 Å². The van der Waals surface area contributed by atoms with Crippen LogP contribution >= 0.6 is 0 Å². The third kappa shape index (κ3) is 1.93. The van der Waals surface area contributed by atoms with Gasteiger partial charge in [-0.25, -0.2) is 0 Å². The fourth-order valence-corrected chi connectivity index (χ4v) is 3.58. The summed E-state index contributed by atoms with van der Waals surface area (Å²) in [6, 6.07) is 8.79. The van der Waals surface area contributed by atoms with Gasteiger partial charge in [-0.2, -0.15) is 0 Å². The smallest absolute Gasteiger partial charge is 0.122 e. The van der Waals surface area contributed by atoms with Gasteiger partial charge in [0.1, 0.15) is 5.75 Å². The average Bonchev–Trinajstić information content (AvgIpc) is 2.39. The average molecular weight is 247 g/mol. The van der Waals surface area contributed by atoms with E-state index in [2.05, 4.69) is 32.0 Å². The molecule has 0 aromatic heterocycles. The van der Waals surface area contributed by atoms with Crippen molar-refractivity contribution in [2.45, 2.75) is 52.0 Å². The van der Waals surface area contributed by atoms with Crippen LogP contribution in [0.1, 0.15) is 51.5 Å². The van der Waals surface area contributed by atoms with Gasteiger partial charge >= 0.3 is 0 Å². The zero-order chi connectivity index (χ0) is 13.2. The third-order valence-electron chi connectivity index (χ3n) is 4.83. The van der Waals surface area contributed by atoms with Gasteiger partial charge in [0.2, 0.25) is 0 Å². The highest BCUT2D eigenvalue weighted by Crippen LogP contribution is 2.57. The molecule has 0 saturated heterocycles. The van der Waals surface area contributed by atoms with Crippen molar-refractivity contribution in [1.82, 2.24) is 0 Å². The van der Waals surface area contributed by atoms with E-state index in [1.54, 1.807) is 0 Å². The predicted molar refractivity (Wildman–Crippen MR) is 76.0 cm³/mol. The number of hydrogen-bond acceptors (Lipinski definition) is 2. The number of hydrogen-bond donors (Lipinski definition) is 1. The van der Waals surface area contributed by atoms with E-state index in [9.17, 15) is 0 Å². The van der Waals surface area contributed by atoms with Crippen LogP contribution in [0.15, 0.2) is 24.3 Å². The molecule has 1 aliphatic rings. The van der Waals surface area contributed by atoms with Crippen molar-refractivity contribution in [2.75, 3.05) is 6.61 Å². The molecular formula is C16H25NO. The zero-order valence-corrected chi connectivity index (χ0v) is 11.8. The second kappa shape index (κ2) is 5.31. The normalized spacial score (nSPS) is 25.6. The molecule has 0 amide bonds. The van der Waals surface area contributed by atoms with Gasteiger partial charge in [0.25, 0.3) is 0 Å². The van der Waals surface area contributed by atoms with E-state index in [1.807, 2.05) is 13.0 Å². The number of nitrogens with two attached hydrogens (primary N) is 1. The van der Waals surface area contributed by atoms with Gasteiger partial charge in [-0.05, 0) is 49.1 Å². The van der Waals surface area contributed by atoms with Gasteiger partial charge < -0.3 is 10.5 Å². The van der Waals surface area contributed by atoms with Crippen molar-refractivity contribution in [3.05, 3.63) is 29.8 Å². The lowest BCUT2D eigenvalue weighted by Crippen LogP contribution is -2.55. The molecule has 2 unspecified atom stereocenters. The minimum Gasteiger partial charge on any atom is -0.494 e. The van der Waals surface area contributed by atoms with E-state index in [1.165, 1.54) is 5.56 Å². The molecule has 2 rings (SSSR count). The van der Waals surface area contributed by atoms with Crippen LogP contribution in [0.5, 0.6) is 5.75 Å². The lowest BCUT2D eigenvalue weighted by Gasteiger charge is -2.55. The van der Waals surface area contributed by atoms with Crippen LogP contribution in [0.4, 0.5) is 0 Å². The first-order valence-electron chi connectivity index (χ1n) is 7.16. The summed E-state index contributed by atoms with van der Waals surface area (Å²) in [5, 5.41) is 0. The fourth-order valence-electron chi connectivity index (χ4n) is 3.58. The Labute approximate surface area is 111 Å². The molecule has 1 aliphatic carbocycles. The van der Waals surface area contributed by atoms with E-state index in [0.717, 1.165) is 31.6 Å². The minimum atomic E-state index is 0.271. The molecule has 100 valence electrons. The van der Waals surface area contributed by atoms with Gasteiger partial charge in [-0.15, -0.1) is 0 Å². The van der Waals surface area contributed by atoms with E-state index in [0.29, 0.717) is 12.0 Å². The summed E-state index contributed by atoms with van der Waals surface area (Å²) < 4.78 is 5.77. The van der Waals surface area contributed by atoms with Crippen LogP contribution in [0.3, 0.4) is 0 Å². The summed E-state index contributed by atoms with van der Waals surface area (Å²) >= 11 is 0. The largest absolute Gasteiger partial charge is 0.494 e. The maximum atomic E-state index is 6.29. The maximum absolute atomic E-state index is 6.29. The van der Waals surface area contributed by atoms with Gasteiger partial charge in [0.05, 0.1) is 6.61 Å². The van der Waals surface area contributed by atoms with Crippen molar-refractivity contribution in [1.29, 1.82) is 0 Å². The summed E-state index contributed by atoms with van der Waals surface area (Å²) in [6.07, 6.45) is 3.39. The maximum Gasteiger partial charge on any atom is 0.122 e. The lowest BCUT2D eigenvalue weighted by molar-refractivity contribution is 0.0421. The molecule has 1 aromatic carbocycles. The van der Waals surface area contributed by atoms with Crippen LogP contribution in [0.25, 0.3) is 0 Å². The highest BCUT2D eigenvalue weighted by Gasteiger charge is 2.51. The predicted octanol–water partition coefficient (Wildman–Crippen LogP) is 3.71. The molecule has 1 aromatic rings. The van der Waals surface area contributed by atoms with Crippen molar-refractivity contribution >= 4 is 0 Å². The molecule has 0 radical (unpaired) electrons. The molecule has 1 fully saturated rings. The van der Waals surface area contributed by atoms with Crippen molar-refractivity contribution in [3.63, 3.8) is 0 Å². The number of ether oxygens (including phenoxy) is 1. The molecule has 2 N–H and O–H groups in total. The van der Waals surface area contributed by atoms with Crippen molar-refractivity contribution in [3.8, 4) is 5.75 Å². The van der Waals surface area contributed by atoms with Gasteiger partial charge in [-0.3, -0.25) is 0 Å². The number of para-hydroxylation sites is 1. The molecular weight excluding hydrogens is 222 g/mol. The summed E-state index contributed by atoms with van der Waals surface area (Å²) in [7, 11) is 0. The molecule has 1 saturated carbocycles. The minimum absolute atomic E-state index is 0.271. The summed E-state index contributed by atoms with van der Waals surface area (Å²) in [4.78, 5) is 0. The van der Waals surface area contributed by atoms with Gasteiger partial charge in [0, 0.05) is 6.04 Å². The molecule has 2 atom stereocenters. The van der Waals surface area contributed by atoms with Crippen LogP contribution in [0, 0.1) is 5.41 Å². The van der Waals surface area contributed by atoms with E-state index < -0.39 is 0 Å². The second-order valence-corrected chi connectivity index (χ2v) is 5.31. The fraction of sp³-hybridized carbons (Fsp3) is 0.625. The summed E-state index contributed by atoms with van der Waals surface area (Å²) in [5.41, 5.74) is 7.91. The van der Waals surface area contributed by atoms with E-state index in [-0.39, 0.29) is 5.41 Å². The lowest BCUT2D eigenvalue weighted by atomic mass is 9.52. The Balaban J connectivity index is 2.32. The topological polar surface area (TPSA) is 35.2 Å². The van der Waals surface area contributed by atoms with Crippen LogP contribution < -0.4 is 10.5 Å². The summed E-state index contributed by atoms with van der Waals surface area (Å²) in [5.74, 6) is 1.61. The second-order valence-electron chi connectivity index (χ2n) is 5.31. The number of rotatable bonds is 5. The third-order valence-corrected chi connectivity index (χ3v) is 4.83. The van der Waals surface area contributed by atoms with Gasteiger partial charge in [-0.1, -0.05) is 32.0 Å². The monoisotopic (exact) mass is 247 g/mol.